The molecule has 16 heavy (non-hydrogen) atoms. The Hall–Kier alpha value is -1.70. The van der Waals surface area contributed by atoms with Crippen molar-refractivity contribution < 1.29 is 4.42 Å². The molecule has 0 bridgehead atoms. The van der Waals surface area contributed by atoms with Crippen LogP contribution in [0.2, 0.25) is 0 Å². The standard InChI is InChI=1S/C14H17NO/c1-10-9-14(11(2)16-10)12-5-7-13(8-6-12)15(3)4/h5-9H,1-4H3. The molecule has 2 nitrogen and oxygen atoms in total. The lowest BCUT2D eigenvalue weighted by Crippen LogP contribution is -2.07. The molecular formula is C14H17NO. The summed E-state index contributed by atoms with van der Waals surface area (Å²) < 4.78 is 5.54. The van der Waals surface area contributed by atoms with Crippen LogP contribution >= 0.6 is 0 Å². The first-order valence-electron chi connectivity index (χ1n) is 5.42. The van der Waals surface area contributed by atoms with E-state index in [1.807, 2.05) is 27.9 Å². The number of hydrogen-bond donors (Lipinski definition) is 0. The summed E-state index contributed by atoms with van der Waals surface area (Å²) in [6.45, 7) is 3.98. The molecule has 2 aromatic rings. The predicted molar refractivity (Wildman–Crippen MR) is 67.9 cm³/mol. The first-order chi connectivity index (χ1) is 7.58. The third kappa shape index (κ3) is 1.96. The van der Waals surface area contributed by atoms with Gasteiger partial charge in [0.25, 0.3) is 0 Å². The number of anilines is 1. The van der Waals surface area contributed by atoms with Crippen molar-refractivity contribution in [1.29, 1.82) is 0 Å². The fourth-order valence-electron chi connectivity index (χ4n) is 1.86. The third-order valence-corrected chi connectivity index (χ3v) is 2.74. The molecule has 2 rings (SSSR count). The molecule has 0 N–H and O–H groups in total. The van der Waals surface area contributed by atoms with Crippen LogP contribution in [0.15, 0.2) is 34.7 Å². The highest BCUT2D eigenvalue weighted by Gasteiger charge is 2.07. The van der Waals surface area contributed by atoms with Crippen LogP contribution in [-0.2, 0) is 0 Å². The number of rotatable bonds is 2. The van der Waals surface area contributed by atoms with Gasteiger partial charge in [0.1, 0.15) is 11.5 Å². The van der Waals surface area contributed by atoms with E-state index in [-0.39, 0.29) is 0 Å². The van der Waals surface area contributed by atoms with E-state index in [0.717, 1.165) is 11.5 Å². The van der Waals surface area contributed by atoms with Crippen molar-refractivity contribution in [2.75, 3.05) is 19.0 Å². The molecule has 0 aliphatic carbocycles. The molecule has 1 aromatic heterocycles. The summed E-state index contributed by atoms with van der Waals surface area (Å²) in [7, 11) is 4.09. The average Bonchev–Trinajstić information content (AvgIpc) is 2.58. The molecule has 0 saturated carbocycles. The Morgan fingerprint density at radius 3 is 2.06 bits per heavy atom. The van der Waals surface area contributed by atoms with Gasteiger partial charge in [-0.25, -0.2) is 0 Å². The van der Waals surface area contributed by atoms with E-state index in [4.69, 9.17) is 4.42 Å². The van der Waals surface area contributed by atoms with Gasteiger partial charge < -0.3 is 9.32 Å². The molecule has 0 fully saturated rings. The van der Waals surface area contributed by atoms with Crippen LogP contribution in [0.4, 0.5) is 5.69 Å². The van der Waals surface area contributed by atoms with Crippen molar-refractivity contribution in [2.24, 2.45) is 0 Å². The fourth-order valence-corrected chi connectivity index (χ4v) is 1.86. The van der Waals surface area contributed by atoms with Gasteiger partial charge in [-0.3, -0.25) is 0 Å². The van der Waals surface area contributed by atoms with E-state index >= 15 is 0 Å². The Bertz CT molecular complexity index is 480. The van der Waals surface area contributed by atoms with E-state index in [0.29, 0.717) is 0 Å². The van der Waals surface area contributed by atoms with Crippen LogP contribution in [0.25, 0.3) is 11.1 Å². The second-order valence-corrected chi connectivity index (χ2v) is 4.27. The second kappa shape index (κ2) is 4.05. The molecule has 0 aliphatic heterocycles. The highest BCUT2D eigenvalue weighted by molar-refractivity contribution is 5.68. The Labute approximate surface area is 96.5 Å². The van der Waals surface area contributed by atoms with Gasteiger partial charge in [-0.2, -0.15) is 0 Å². The van der Waals surface area contributed by atoms with Crippen LogP contribution in [-0.4, -0.2) is 14.1 Å². The largest absolute Gasteiger partial charge is 0.466 e. The van der Waals surface area contributed by atoms with Gasteiger partial charge in [0.15, 0.2) is 0 Å². The lowest BCUT2D eigenvalue weighted by molar-refractivity contribution is 0.505. The van der Waals surface area contributed by atoms with Gasteiger partial charge in [0.05, 0.1) is 0 Å². The summed E-state index contributed by atoms with van der Waals surface area (Å²) in [5.41, 5.74) is 3.60. The summed E-state index contributed by atoms with van der Waals surface area (Å²) in [6.07, 6.45) is 0. The molecule has 0 unspecified atom stereocenters. The number of aryl methyl sites for hydroxylation is 2. The summed E-state index contributed by atoms with van der Waals surface area (Å²) in [5.74, 6) is 1.94. The van der Waals surface area contributed by atoms with Crippen molar-refractivity contribution in [1.82, 2.24) is 0 Å². The zero-order valence-corrected chi connectivity index (χ0v) is 10.2. The van der Waals surface area contributed by atoms with Gasteiger partial charge in [-0.05, 0) is 37.6 Å². The second-order valence-electron chi connectivity index (χ2n) is 4.27. The summed E-state index contributed by atoms with van der Waals surface area (Å²) in [4.78, 5) is 2.09. The zero-order chi connectivity index (χ0) is 11.7. The minimum absolute atomic E-state index is 0.962. The highest BCUT2D eigenvalue weighted by atomic mass is 16.3. The average molecular weight is 215 g/mol. The molecule has 0 saturated heterocycles. The zero-order valence-electron chi connectivity index (χ0n) is 10.2. The molecule has 0 spiro atoms. The first-order valence-corrected chi connectivity index (χ1v) is 5.42. The maximum Gasteiger partial charge on any atom is 0.108 e. The molecule has 1 aromatic carbocycles. The highest BCUT2D eigenvalue weighted by Crippen LogP contribution is 2.27. The van der Waals surface area contributed by atoms with E-state index < -0.39 is 0 Å². The third-order valence-electron chi connectivity index (χ3n) is 2.74. The van der Waals surface area contributed by atoms with Gasteiger partial charge in [-0.15, -0.1) is 0 Å². The van der Waals surface area contributed by atoms with E-state index in [2.05, 4.69) is 35.2 Å². The minimum Gasteiger partial charge on any atom is -0.466 e. The molecule has 0 radical (unpaired) electrons. The number of nitrogens with zero attached hydrogens (tertiary/aromatic N) is 1. The van der Waals surface area contributed by atoms with Crippen molar-refractivity contribution >= 4 is 5.69 Å². The smallest absolute Gasteiger partial charge is 0.108 e. The molecule has 1 heterocycles. The van der Waals surface area contributed by atoms with Crippen LogP contribution < -0.4 is 4.90 Å². The maximum absolute atomic E-state index is 5.54. The monoisotopic (exact) mass is 215 g/mol. The molecule has 0 amide bonds. The quantitative estimate of drug-likeness (QED) is 0.760. The van der Waals surface area contributed by atoms with E-state index in [1.54, 1.807) is 0 Å². The van der Waals surface area contributed by atoms with Gasteiger partial charge in [0.2, 0.25) is 0 Å². The lowest BCUT2D eigenvalue weighted by atomic mass is 10.1. The van der Waals surface area contributed by atoms with Crippen molar-refractivity contribution in [3.05, 3.63) is 41.9 Å². The summed E-state index contributed by atoms with van der Waals surface area (Å²) >= 11 is 0. The maximum atomic E-state index is 5.54. The SMILES string of the molecule is Cc1cc(-c2ccc(N(C)C)cc2)c(C)o1. The fraction of sp³-hybridized carbons (Fsp3) is 0.286. The molecule has 2 heteroatoms. The van der Waals surface area contributed by atoms with Crippen LogP contribution in [0, 0.1) is 13.8 Å². The Kier molecular flexibility index (Phi) is 2.73. The Balaban J connectivity index is 2.38. The van der Waals surface area contributed by atoms with Crippen LogP contribution in [0.3, 0.4) is 0 Å². The van der Waals surface area contributed by atoms with E-state index in [9.17, 15) is 0 Å². The number of benzene rings is 1. The molecule has 0 atom stereocenters. The lowest BCUT2D eigenvalue weighted by Gasteiger charge is -2.12. The topological polar surface area (TPSA) is 16.4 Å². The Morgan fingerprint density at radius 1 is 1.00 bits per heavy atom. The molecule has 0 aliphatic rings. The number of furan rings is 1. The van der Waals surface area contributed by atoms with Crippen LogP contribution in [0.5, 0.6) is 0 Å². The van der Waals surface area contributed by atoms with Crippen molar-refractivity contribution in [3.63, 3.8) is 0 Å². The predicted octanol–water partition coefficient (Wildman–Crippen LogP) is 3.63. The van der Waals surface area contributed by atoms with Gasteiger partial charge in [-0.1, -0.05) is 12.1 Å². The first kappa shape index (κ1) is 10.8. The van der Waals surface area contributed by atoms with Gasteiger partial charge >= 0.3 is 0 Å². The molecular weight excluding hydrogens is 198 g/mol. The minimum atomic E-state index is 0.962. The number of hydrogen-bond acceptors (Lipinski definition) is 2. The van der Waals surface area contributed by atoms with Crippen molar-refractivity contribution in [2.45, 2.75) is 13.8 Å². The summed E-state index contributed by atoms with van der Waals surface area (Å²) in [5, 5.41) is 0. The van der Waals surface area contributed by atoms with Crippen molar-refractivity contribution in [3.8, 4) is 11.1 Å². The van der Waals surface area contributed by atoms with Gasteiger partial charge in [0, 0.05) is 25.3 Å². The normalized spacial score (nSPS) is 10.5. The molecule has 84 valence electrons. The van der Waals surface area contributed by atoms with Crippen LogP contribution in [0.1, 0.15) is 11.5 Å². The Morgan fingerprint density at radius 2 is 1.62 bits per heavy atom. The van der Waals surface area contributed by atoms with E-state index in [1.165, 1.54) is 16.8 Å². The summed E-state index contributed by atoms with van der Waals surface area (Å²) in [6, 6.07) is 10.6.